The standard InChI is InChI=1S/C15H17ClSi/c1-12-8-9-15(10-13(12)2)17(16)11-14-6-4-3-5-7-14/h3-10,17H,11H2,1-2H3. The summed E-state index contributed by atoms with van der Waals surface area (Å²) in [7, 11) is -1.36. The fourth-order valence-electron chi connectivity index (χ4n) is 1.90. The normalized spacial score (nSPS) is 12.4. The fraction of sp³-hybridized carbons (Fsp3) is 0.200. The van der Waals surface area contributed by atoms with Gasteiger partial charge in [-0.3, -0.25) is 0 Å². The molecule has 0 aliphatic heterocycles. The Hall–Kier alpha value is -1.05. The maximum atomic E-state index is 6.60. The van der Waals surface area contributed by atoms with Crippen LogP contribution >= 0.6 is 11.1 Å². The van der Waals surface area contributed by atoms with Gasteiger partial charge in [-0.25, -0.2) is 0 Å². The average Bonchev–Trinajstić information content (AvgIpc) is 2.34. The number of hydrogen-bond donors (Lipinski definition) is 0. The van der Waals surface area contributed by atoms with Crippen molar-refractivity contribution in [2.45, 2.75) is 19.9 Å². The van der Waals surface area contributed by atoms with E-state index in [-0.39, 0.29) is 0 Å². The molecule has 1 atom stereocenters. The molecule has 0 amide bonds. The van der Waals surface area contributed by atoms with E-state index in [1.165, 1.54) is 21.9 Å². The van der Waals surface area contributed by atoms with Crippen LogP contribution in [0.15, 0.2) is 48.5 Å². The minimum atomic E-state index is -1.36. The third-order valence-electron chi connectivity index (χ3n) is 3.15. The van der Waals surface area contributed by atoms with Crippen molar-refractivity contribution in [1.82, 2.24) is 0 Å². The Balaban J connectivity index is 2.14. The summed E-state index contributed by atoms with van der Waals surface area (Å²) in [5.41, 5.74) is 4.03. The van der Waals surface area contributed by atoms with E-state index in [9.17, 15) is 0 Å². The third-order valence-corrected chi connectivity index (χ3v) is 6.28. The molecule has 17 heavy (non-hydrogen) atoms. The zero-order valence-corrected chi connectivity index (χ0v) is 12.2. The van der Waals surface area contributed by atoms with E-state index in [1.54, 1.807) is 0 Å². The molecule has 1 unspecified atom stereocenters. The molecule has 0 heterocycles. The van der Waals surface area contributed by atoms with E-state index in [2.05, 4.69) is 56.3 Å². The predicted molar refractivity (Wildman–Crippen MR) is 78.7 cm³/mol. The lowest BCUT2D eigenvalue weighted by molar-refractivity contribution is 1.34. The topological polar surface area (TPSA) is 0 Å². The zero-order valence-electron chi connectivity index (χ0n) is 10.3. The molecule has 88 valence electrons. The van der Waals surface area contributed by atoms with Crippen LogP contribution in [-0.2, 0) is 6.04 Å². The highest BCUT2D eigenvalue weighted by molar-refractivity contribution is 7.13. The largest absolute Gasteiger partial charge is 0.175 e. The molecular formula is C15H17ClSi. The summed E-state index contributed by atoms with van der Waals surface area (Å²) in [6, 6.07) is 18.2. The Kier molecular flexibility index (Phi) is 4.03. The number of aryl methyl sites for hydroxylation is 2. The van der Waals surface area contributed by atoms with Gasteiger partial charge >= 0.3 is 0 Å². The van der Waals surface area contributed by atoms with E-state index >= 15 is 0 Å². The molecule has 0 fully saturated rings. The van der Waals surface area contributed by atoms with Crippen LogP contribution in [0.1, 0.15) is 16.7 Å². The number of halogens is 1. The summed E-state index contributed by atoms with van der Waals surface area (Å²) in [6.07, 6.45) is 0. The molecular weight excluding hydrogens is 244 g/mol. The minimum Gasteiger partial charge on any atom is -0.165 e. The van der Waals surface area contributed by atoms with E-state index < -0.39 is 8.11 Å². The molecule has 0 aliphatic rings. The van der Waals surface area contributed by atoms with Crippen molar-refractivity contribution in [2.24, 2.45) is 0 Å². The van der Waals surface area contributed by atoms with Crippen LogP contribution in [0.3, 0.4) is 0 Å². The van der Waals surface area contributed by atoms with Crippen LogP contribution in [0, 0.1) is 13.8 Å². The van der Waals surface area contributed by atoms with Gasteiger partial charge in [-0.05, 0) is 41.8 Å². The highest BCUT2D eigenvalue weighted by Crippen LogP contribution is 2.09. The van der Waals surface area contributed by atoms with Crippen molar-refractivity contribution in [3.8, 4) is 0 Å². The van der Waals surface area contributed by atoms with Crippen molar-refractivity contribution in [3.05, 3.63) is 65.2 Å². The maximum absolute atomic E-state index is 6.60. The van der Waals surface area contributed by atoms with Crippen molar-refractivity contribution < 1.29 is 0 Å². The molecule has 0 aromatic heterocycles. The molecule has 0 radical (unpaired) electrons. The molecule has 2 aromatic rings. The predicted octanol–water partition coefficient (Wildman–Crippen LogP) is 3.25. The van der Waals surface area contributed by atoms with Gasteiger partial charge in [-0.15, -0.1) is 0 Å². The Morgan fingerprint density at radius 1 is 0.941 bits per heavy atom. The number of hydrogen-bond acceptors (Lipinski definition) is 0. The highest BCUT2D eigenvalue weighted by Gasteiger charge is 2.11. The second-order valence-electron chi connectivity index (χ2n) is 4.50. The van der Waals surface area contributed by atoms with Crippen molar-refractivity contribution in [1.29, 1.82) is 0 Å². The lowest BCUT2D eigenvalue weighted by atomic mass is 10.1. The minimum absolute atomic E-state index is 1.02. The van der Waals surface area contributed by atoms with E-state index in [0.29, 0.717) is 0 Å². The van der Waals surface area contributed by atoms with Crippen LogP contribution in [0.5, 0.6) is 0 Å². The molecule has 0 spiro atoms. The smallest absolute Gasteiger partial charge is 0.165 e. The van der Waals surface area contributed by atoms with Crippen LogP contribution in [-0.4, -0.2) is 8.11 Å². The van der Waals surface area contributed by atoms with Gasteiger partial charge in [0.15, 0.2) is 8.11 Å². The summed E-state index contributed by atoms with van der Waals surface area (Å²) in [6.45, 7) is 4.29. The third kappa shape index (κ3) is 3.21. The quantitative estimate of drug-likeness (QED) is 0.587. The number of rotatable bonds is 3. The molecule has 0 aliphatic carbocycles. The first-order chi connectivity index (χ1) is 8.16. The molecule has 2 rings (SSSR count). The number of benzene rings is 2. The van der Waals surface area contributed by atoms with Crippen molar-refractivity contribution in [3.63, 3.8) is 0 Å². The average molecular weight is 261 g/mol. The molecule has 2 aromatic carbocycles. The van der Waals surface area contributed by atoms with E-state index in [4.69, 9.17) is 11.1 Å². The Morgan fingerprint density at radius 3 is 2.29 bits per heavy atom. The summed E-state index contributed by atoms with van der Waals surface area (Å²) < 4.78 is 0. The van der Waals surface area contributed by atoms with E-state index in [0.717, 1.165) is 6.04 Å². The summed E-state index contributed by atoms with van der Waals surface area (Å²) in [5, 5.41) is 1.35. The maximum Gasteiger partial charge on any atom is 0.175 e. The Labute approximate surface area is 110 Å². The summed E-state index contributed by atoms with van der Waals surface area (Å²) in [5.74, 6) is 0. The Morgan fingerprint density at radius 2 is 1.65 bits per heavy atom. The highest BCUT2D eigenvalue weighted by atomic mass is 35.6. The monoisotopic (exact) mass is 260 g/mol. The lowest BCUT2D eigenvalue weighted by Gasteiger charge is -2.10. The second kappa shape index (κ2) is 5.52. The first-order valence-electron chi connectivity index (χ1n) is 5.92. The van der Waals surface area contributed by atoms with Gasteiger partial charge in [0.05, 0.1) is 0 Å². The second-order valence-corrected chi connectivity index (χ2v) is 8.09. The van der Waals surface area contributed by atoms with Gasteiger partial charge in [-0.2, -0.15) is 11.1 Å². The molecule has 0 N–H and O–H groups in total. The molecule has 0 saturated heterocycles. The Bertz CT molecular complexity index is 494. The van der Waals surface area contributed by atoms with E-state index in [1.807, 2.05) is 6.07 Å². The molecule has 0 bridgehead atoms. The van der Waals surface area contributed by atoms with Crippen LogP contribution < -0.4 is 5.19 Å². The molecule has 0 nitrogen and oxygen atoms in total. The van der Waals surface area contributed by atoms with Gasteiger partial charge in [0.25, 0.3) is 0 Å². The first kappa shape index (κ1) is 12.4. The molecule has 0 saturated carbocycles. The van der Waals surface area contributed by atoms with Gasteiger partial charge in [0.2, 0.25) is 0 Å². The van der Waals surface area contributed by atoms with Gasteiger partial charge in [0.1, 0.15) is 0 Å². The van der Waals surface area contributed by atoms with Gasteiger partial charge in [-0.1, -0.05) is 48.5 Å². The van der Waals surface area contributed by atoms with Crippen molar-refractivity contribution in [2.75, 3.05) is 0 Å². The zero-order chi connectivity index (χ0) is 12.3. The molecule has 2 heteroatoms. The summed E-state index contributed by atoms with van der Waals surface area (Å²) in [4.78, 5) is 0. The van der Waals surface area contributed by atoms with Gasteiger partial charge < -0.3 is 0 Å². The van der Waals surface area contributed by atoms with Gasteiger partial charge in [0, 0.05) is 0 Å². The van der Waals surface area contributed by atoms with Crippen molar-refractivity contribution >= 4 is 24.4 Å². The lowest BCUT2D eigenvalue weighted by Crippen LogP contribution is -2.27. The van der Waals surface area contributed by atoms with Crippen LogP contribution in [0.4, 0.5) is 0 Å². The fourth-order valence-corrected chi connectivity index (χ4v) is 4.50. The summed E-state index contributed by atoms with van der Waals surface area (Å²) >= 11 is 6.60. The first-order valence-corrected chi connectivity index (χ1v) is 9.06. The van der Waals surface area contributed by atoms with Crippen LogP contribution in [0.2, 0.25) is 0 Å². The SMILES string of the molecule is Cc1ccc([SiH](Cl)Cc2ccccc2)cc1C. The van der Waals surface area contributed by atoms with Crippen LogP contribution in [0.25, 0.3) is 0 Å².